The van der Waals surface area contributed by atoms with E-state index in [0.29, 0.717) is 31.3 Å². The van der Waals surface area contributed by atoms with Crippen molar-refractivity contribution in [1.29, 1.82) is 0 Å². The summed E-state index contributed by atoms with van der Waals surface area (Å²) in [5.74, 6) is 1.14. The maximum atomic E-state index is 12.9. The third-order valence-corrected chi connectivity index (χ3v) is 6.64. The number of rotatable bonds is 3. The van der Waals surface area contributed by atoms with E-state index in [1.807, 2.05) is 25.7 Å². The van der Waals surface area contributed by atoms with Crippen molar-refractivity contribution in [1.82, 2.24) is 14.8 Å². The summed E-state index contributed by atoms with van der Waals surface area (Å²) in [6.07, 6.45) is 6.28. The fourth-order valence-electron chi connectivity index (χ4n) is 4.89. The molecule has 4 rings (SSSR count). The Morgan fingerprint density at radius 1 is 1.00 bits per heavy atom. The molecule has 3 heterocycles. The molecular formula is C25H35N3O3. The fourth-order valence-corrected chi connectivity index (χ4v) is 4.89. The molecule has 6 nitrogen and oxygen atoms in total. The molecule has 2 fully saturated rings. The largest absolute Gasteiger partial charge is 0.444 e. The number of likely N-dealkylation sites (tertiary alicyclic amines) is 2. The molecule has 2 amide bonds. The van der Waals surface area contributed by atoms with Crippen LogP contribution in [0.5, 0.6) is 0 Å². The van der Waals surface area contributed by atoms with Gasteiger partial charge in [-0.1, -0.05) is 18.2 Å². The van der Waals surface area contributed by atoms with Gasteiger partial charge < -0.3 is 19.5 Å². The average molecular weight is 426 g/mol. The van der Waals surface area contributed by atoms with Gasteiger partial charge in [0.15, 0.2) is 0 Å². The Labute approximate surface area is 184 Å². The van der Waals surface area contributed by atoms with Crippen LogP contribution in [0, 0.1) is 5.92 Å². The van der Waals surface area contributed by atoms with Crippen LogP contribution < -0.4 is 0 Å². The second-order valence-corrected chi connectivity index (χ2v) is 10.1. The molecule has 0 spiro atoms. The summed E-state index contributed by atoms with van der Waals surface area (Å²) in [6, 6.07) is 8.45. The number of hydrogen-bond acceptors (Lipinski definition) is 3. The first kappa shape index (κ1) is 21.7. The Morgan fingerprint density at radius 2 is 1.65 bits per heavy atom. The van der Waals surface area contributed by atoms with E-state index in [4.69, 9.17) is 4.74 Å². The van der Waals surface area contributed by atoms with Crippen molar-refractivity contribution in [3.05, 3.63) is 36.0 Å². The number of hydrogen-bond donors (Lipinski definition) is 1. The van der Waals surface area contributed by atoms with Gasteiger partial charge in [-0.15, -0.1) is 0 Å². The van der Waals surface area contributed by atoms with Crippen molar-refractivity contribution >= 4 is 22.9 Å². The maximum absolute atomic E-state index is 12.9. The normalized spacial score (nSPS) is 19.1. The number of piperidine rings is 2. The van der Waals surface area contributed by atoms with Crippen LogP contribution in [0.3, 0.4) is 0 Å². The molecule has 0 aliphatic carbocycles. The van der Waals surface area contributed by atoms with Crippen LogP contribution in [-0.2, 0) is 9.53 Å². The smallest absolute Gasteiger partial charge is 0.410 e. The van der Waals surface area contributed by atoms with Gasteiger partial charge in [0.25, 0.3) is 0 Å². The monoisotopic (exact) mass is 425 g/mol. The first-order valence-electron chi connectivity index (χ1n) is 11.6. The average Bonchev–Trinajstić information content (AvgIpc) is 3.17. The number of para-hydroxylation sites is 1. The minimum atomic E-state index is -0.470. The quantitative estimate of drug-likeness (QED) is 0.760. The zero-order valence-corrected chi connectivity index (χ0v) is 19.0. The lowest BCUT2D eigenvalue weighted by atomic mass is 9.88. The Morgan fingerprint density at radius 3 is 2.32 bits per heavy atom. The zero-order valence-electron chi connectivity index (χ0n) is 19.0. The van der Waals surface area contributed by atoms with Gasteiger partial charge in [-0.2, -0.15) is 0 Å². The fraction of sp³-hybridized carbons (Fsp3) is 0.600. The lowest BCUT2D eigenvalue weighted by Gasteiger charge is -2.35. The highest BCUT2D eigenvalue weighted by molar-refractivity contribution is 5.83. The number of aromatic nitrogens is 1. The Hall–Kier alpha value is -2.50. The van der Waals surface area contributed by atoms with Crippen molar-refractivity contribution < 1.29 is 14.3 Å². The highest BCUT2D eigenvalue weighted by atomic mass is 16.6. The zero-order chi connectivity index (χ0) is 22.0. The van der Waals surface area contributed by atoms with E-state index in [9.17, 15) is 9.59 Å². The highest BCUT2D eigenvalue weighted by Crippen LogP contribution is 2.33. The topological polar surface area (TPSA) is 65.6 Å². The van der Waals surface area contributed by atoms with E-state index >= 15 is 0 Å². The molecule has 0 bridgehead atoms. The molecule has 0 saturated carbocycles. The molecule has 0 atom stereocenters. The van der Waals surface area contributed by atoms with Crippen LogP contribution in [0.1, 0.15) is 64.4 Å². The predicted octanol–water partition coefficient (Wildman–Crippen LogP) is 4.91. The molecule has 2 aliphatic rings. The van der Waals surface area contributed by atoms with E-state index in [1.165, 1.54) is 16.5 Å². The van der Waals surface area contributed by atoms with E-state index in [-0.39, 0.29) is 12.0 Å². The predicted molar refractivity (Wildman–Crippen MR) is 122 cm³/mol. The molecule has 2 aliphatic heterocycles. The number of nitrogens with zero attached hydrogens (tertiary/aromatic N) is 2. The van der Waals surface area contributed by atoms with Gasteiger partial charge in [-0.3, -0.25) is 4.79 Å². The van der Waals surface area contributed by atoms with Crippen molar-refractivity contribution in [2.45, 2.75) is 64.4 Å². The minimum Gasteiger partial charge on any atom is -0.444 e. The summed E-state index contributed by atoms with van der Waals surface area (Å²) >= 11 is 0. The minimum absolute atomic E-state index is 0.239. The highest BCUT2D eigenvalue weighted by Gasteiger charge is 2.30. The van der Waals surface area contributed by atoms with Crippen LogP contribution in [-0.4, -0.2) is 58.6 Å². The van der Waals surface area contributed by atoms with Crippen LogP contribution in [0.15, 0.2) is 30.5 Å². The maximum Gasteiger partial charge on any atom is 0.410 e. The molecule has 2 aromatic rings. The number of carbonyl (C=O) groups excluding carboxylic acids is 2. The molecule has 168 valence electrons. The van der Waals surface area contributed by atoms with Gasteiger partial charge in [-0.25, -0.2) is 4.79 Å². The van der Waals surface area contributed by atoms with Crippen molar-refractivity contribution in [3.63, 3.8) is 0 Å². The number of fused-ring (bicyclic) bond motifs is 1. The van der Waals surface area contributed by atoms with Crippen molar-refractivity contribution in [2.24, 2.45) is 5.92 Å². The van der Waals surface area contributed by atoms with Gasteiger partial charge in [0.1, 0.15) is 5.60 Å². The third kappa shape index (κ3) is 5.23. The Balaban J connectivity index is 1.23. The number of carbonyl (C=O) groups is 2. The number of benzene rings is 1. The third-order valence-electron chi connectivity index (χ3n) is 6.64. The lowest BCUT2D eigenvalue weighted by Crippen LogP contribution is -2.43. The van der Waals surface area contributed by atoms with Crippen LogP contribution in [0.4, 0.5) is 4.79 Å². The summed E-state index contributed by atoms with van der Waals surface area (Å²) in [6.45, 7) is 8.68. The van der Waals surface area contributed by atoms with E-state index in [0.717, 1.165) is 38.8 Å². The number of ether oxygens (including phenoxy) is 1. The molecule has 2 saturated heterocycles. The molecule has 1 aromatic heterocycles. The first-order chi connectivity index (χ1) is 14.8. The van der Waals surface area contributed by atoms with E-state index in [1.54, 1.807) is 4.90 Å². The number of aromatic amines is 1. The number of H-pyrrole nitrogens is 1. The van der Waals surface area contributed by atoms with Gasteiger partial charge >= 0.3 is 6.09 Å². The van der Waals surface area contributed by atoms with Gasteiger partial charge in [0.2, 0.25) is 5.91 Å². The summed E-state index contributed by atoms with van der Waals surface area (Å²) in [4.78, 5) is 32.3. The summed E-state index contributed by atoms with van der Waals surface area (Å²) in [5, 5.41) is 1.31. The molecule has 0 unspecified atom stereocenters. The van der Waals surface area contributed by atoms with E-state index < -0.39 is 5.60 Å². The van der Waals surface area contributed by atoms with Gasteiger partial charge in [0.05, 0.1) is 0 Å². The van der Waals surface area contributed by atoms with Crippen molar-refractivity contribution in [2.75, 3.05) is 26.2 Å². The Bertz CT molecular complexity index is 913. The molecule has 1 aromatic carbocycles. The van der Waals surface area contributed by atoms with Gasteiger partial charge in [-0.05, 0) is 69.9 Å². The van der Waals surface area contributed by atoms with Crippen LogP contribution >= 0.6 is 0 Å². The molecule has 0 radical (unpaired) electrons. The molecule has 31 heavy (non-hydrogen) atoms. The Kier molecular flexibility index (Phi) is 6.26. The van der Waals surface area contributed by atoms with Crippen LogP contribution in [0.2, 0.25) is 0 Å². The molecule has 6 heteroatoms. The summed E-state index contributed by atoms with van der Waals surface area (Å²) in [5.41, 5.74) is 2.11. The number of amides is 2. The molecular weight excluding hydrogens is 390 g/mol. The lowest BCUT2D eigenvalue weighted by molar-refractivity contribution is -0.133. The SMILES string of the molecule is CC(C)(C)OC(=O)N1CCC(CC(=O)N2CCC(c3c[nH]c4ccccc34)CC2)CC1. The van der Waals surface area contributed by atoms with Crippen LogP contribution in [0.25, 0.3) is 10.9 Å². The van der Waals surface area contributed by atoms with Crippen molar-refractivity contribution in [3.8, 4) is 0 Å². The first-order valence-corrected chi connectivity index (χ1v) is 11.6. The van der Waals surface area contributed by atoms with Gasteiger partial charge in [0, 0.05) is 49.7 Å². The second kappa shape index (κ2) is 8.93. The van der Waals surface area contributed by atoms with E-state index in [2.05, 4.69) is 35.4 Å². The molecule has 1 N–H and O–H groups in total. The second-order valence-electron chi connectivity index (χ2n) is 10.1. The summed E-state index contributed by atoms with van der Waals surface area (Å²) in [7, 11) is 0. The summed E-state index contributed by atoms with van der Waals surface area (Å²) < 4.78 is 5.47. The standard InChI is InChI=1S/C25H35N3O3/c1-25(2,3)31-24(30)28-12-8-18(9-13-28)16-23(29)27-14-10-19(11-15-27)21-17-26-22-7-5-4-6-20(21)22/h4-7,17-19,26H,8-16H2,1-3H3. The number of nitrogens with one attached hydrogen (secondary N) is 1.